The summed E-state index contributed by atoms with van der Waals surface area (Å²) in [6.45, 7) is 4.80. The van der Waals surface area contributed by atoms with Crippen LogP contribution in [0.1, 0.15) is 37.7 Å². The van der Waals surface area contributed by atoms with Crippen molar-refractivity contribution in [1.82, 2.24) is 5.32 Å². The van der Waals surface area contributed by atoms with E-state index in [1.165, 1.54) is 24.8 Å². The quantitative estimate of drug-likeness (QED) is 0.919. The number of rotatable bonds is 3. The van der Waals surface area contributed by atoms with Gasteiger partial charge in [-0.15, -0.1) is 0 Å². The van der Waals surface area contributed by atoms with Crippen molar-refractivity contribution >= 4 is 0 Å². The first-order valence-electron chi connectivity index (χ1n) is 7.82. The van der Waals surface area contributed by atoms with E-state index in [2.05, 4.69) is 37.5 Å². The molecule has 0 amide bonds. The summed E-state index contributed by atoms with van der Waals surface area (Å²) in [5, 5.41) is 3.36. The molecule has 0 aromatic heterocycles. The summed E-state index contributed by atoms with van der Waals surface area (Å²) in [7, 11) is 2.05. The Hall–Kier alpha value is -1.22. The molecule has 3 atom stereocenters. The van der Waals surface area contributed by atoms with Crippen LogP contribution in [0.3, 0.4) is 0 Å². The molecule has 1 aromatic carbocycles. The highest BCUT2D eigenvalue weighted by Gasteiger charge is 2.30. The Morgan fingerprint density at radius 1 is 1.15 bits per heavy atom. The molecule has 0 spiro atoms. The third-order valence-electron chi connectivity index (χ3n) is 4.72. The minimum atomic E-state index is 0.641. The van der Waals surface area contributed by atoms with Crippen molar-refractivity contribution in [3.05, 3.63) is 23.8 Å². The van der Waals surface area contributed by atoms with Gasteiger partial charge in [0, 0.05) is 0 Å². The minimum Gasteiger partial charge on any atom is -0.486 e. The lowest BCUT2D eigenvalue weighted by Gasteiger charge is -2.35. The molecule has 1 heterocycles. The van der Waals surface area contributed by atoms with Crippen LogP contribution in [0.2, 0.25) is 0 Å². The first kappa shape index (κ1) is 13.7. The number of hydrogen-bond acceptors (Lipinski definition) is 3. The van der Waals surface area contributed by atoms with Crippen LogP contribution in [-0.4, -0.2) is 26.8 Å². The Kier molecular flexibility index (Phi) is 4.16. The van der Waals surface area contributed by atoms with E-state index < -0.39 is 0 Å². The predicted octanol–water partition coefficient (Wildman–Crippen LogP) is 3.20. The van der Waals surface area contributed by atoms with Crippen molar-refractivity contribution in [2.75, 3.05) is 26.8 Å². The molecule has 2 aliphatic rings. The molecule has 3 rings (SSSR count). The summed E-state index contributed by atoms with van der Waals surface area (Å²) < 4.78 is 11.4. The summed E-state index contributed by atoms with van der Waals surface area (Å²) in [5.74, 6) is 4.02. The standard InChI is InChI=1S/C17H25NO2/c1-12-3-4-14(11-18-2)15(9-12)13-5-6-16-17(10-13)20-8-7-19-16/h5-6,10,12,14-15,18H,3-4,7-9,11H2,1-2H3. The zero-order valence-corrected chi connectivity index (χ0v) is 12.5. The van der Waals surface area contributed by atoms with Crippen LogP contribution in [0.4, 0.5) is 0 Å². The molecule has 1 fully saturated rings. The van der Waals surface area contributed by atoms with Crippen LogP contribution in [0.5, 0.6) is 11.5 Å². The minimum absolute atomic E-state index is 0.641. The predicted molar refractivity (Wildman–Crippen MR) is 80.6 cm³/mol. The molecule has 1 aromatic rings. The lowest BCUT2D eigenvalue weighted by Crippen LogP contribution is -2.30. The van der Waals surface area contributed by atoms with Crippen molar-refractivity contribution in [2.24, 2.45) is 11.8 Å². The Balaban J connectivity index is 1.84. The zero-order valence-electron chi connectivity index (χ0n) is 12.5. The maximum Gasteiger partial charge on any atom is 0.161 e. The molecule has 1 N–H and O–H groups in total. The number of hydrogen-bond donors (Lipinski definition) is 1. The molecule has 1 saturated carbocycles. The highest BCUT2D eigenvalue weighted by atomic mass is 16.6. The summed E-state index contributed by atoms with van der Waals surface area (Å²) in [6, 6.07) is 6.53. The van der Waals surface area contributed by atoms with Crippen LogP contribution >= 0.6 is 0 Å². The Bertz CT molecular complexity index is 460. The van der Waals surface area contributed by atoms with Crippen molar-refractivity contribution < 1.29 is 9.47 Å². The van der Waals surface area contributed by atoms with E-state index in [9.17, 15) is 0 Å². The topological polar surface area (TPSA) is 30.5 Å². The molecule has 0 bridgehead atoms. The van der Waals surface area contributed by atoms with Gasteiger partial charge >= 0.3 is 0 Å². The van der Waals surface area contributed by atoms with Gasteiger partial charge in [0.2, 0.25) is 0 Å². The normalized spacial score (nSPS) is 29.2. The highest BCUT2D eigenvalue weighted by molar-refractivity contribution is 5.45. The molecule has 0 saturated heterocycles. The van der Waals surface area contributed by atoms with Gasteiger partial charge in [-0.1, -0.05) is 19.4 Å². The van der Waals surface area contributed by atoms with Gasteiger partial charge in [0.1, 0.15) is 13.2 Å². The molecule has 110 valence electrons. The molecule has 1 aliphatic carbocycles. The first-order chi connectivity index (χ1) is 9.78. The average molecular weight is 275 g/mol. The fourth-order valence-corrected chi connectivity index (χ4v) is 3.65. The fourth-order valence-electron chi connectivity index (χ4n) is 3.65. The molecule has 3 nitrogen and oxygen atoms in total. The van der Waals surface area contributed by atoms with Gasteiger partial charge in [-0.3, -0.25) is 0 Å². The summed E-state index contributed by atoms with van der Waals surface area (Å²) in [5.41, 5.74) is 1.42. The van der Waals surface area contributed by atoms with Crippen LogP contribution in [-0.2, 0) is 0 Å². The van der Waals surface area contributed by atoms with Gasteiger partial charge in [-0.2, -0.15) is 0 Å². The number of ether oxygens (including phenoxy) is 2. The molecule has 20 heavy (non-hydrogen) atoms. The maximum atomic E-state index is 5.74. The van der Waals surface area contributed by atoms with E-state index in [0.717, 1.165) is 29.9 Å². The monoisotopic (exact) mass is 275 g/mol. The van der Waals surface area contributed by atoms with Crippen molar-refractivity contribution in [3.8, 4) is 11.5 Å². The Labute approximate surface area is 121 Å². The van der Waals surface area contributed by atoms with Crippen molar-refractivity contribution in [1.29, 1.82) is 0 Å². The van der Waals surface area contributed by atoms with Crippen molar-refractivity contribution in [3.63, 3.8) is 0 Å². The molecular formula is C17H25NO2. The van der Waals surface area contributed by atoms with Gasteiger partial charge in [0.15, 0.2) is 11.5 Å². The van der Waals surface area contributed by atoms with Crippen LogP contribution in [0.15, 0.2) is 18.2 Å². The Morgan fingerprint density at radius 3 is 2.75 bits per heavy atom. The van der Waals surface area contributed by atoms with Gasteiger partial charge < -0.3 is 14.8 Å². The fraction of sp³-hybridized carbons (Fsp3) is 0.647. The third-order valence-corrected chi connectivity index (χ3v) is 4.72. The van der Waals surface area contributed by atoms with Gasteiger partial charge in [0.05, 0.1) is 0 Å². The summed E-state index contributed by atoms with van der Waals surface area (Å²) in [4.78, 5) is 0. The average Bonchev–Trinajstić information content (AvgIpc) is 2.49. The third kappa shape index (κ3) is 2.78. The number of benzene rings is 1. The van der Waals surface area contributed by atoms with E-state index in [1.807, 2.05) is 0 Å². The van der Waals surface area contributed by atoms with Gasteiger partial charge in [-0.05, 0) is 61.9 Å². The molecule has 1 aliphatic heterocycles. The van der Waals surface area contributed by atoms with E-state index in [0.29, 0.717) is 19.1 Å². The Morgan fingerprint density at radius 2 is 1.95 bits per heavy atom. The molecule has 3 heteroatoms. The second kappa shape index (κ2) is 6.04. The first-order valence-corrected chi connectivity index (χ1v) is 7.82. The van der Waals surface area contributed by atoms with Crippen LogP contribution in [0.25, 0.3) is 0 Å². The number of nitrogens with one attached hydrogen (secondary N) is 1. The van der Waals surface area contributed by atoms with Crippen LogP contribution < -0.4 is 14.8 Å². The maximum absolute atomic E-state index is 5.74. The lowest BCUT2D eigenvalue weighted by atomic mass is 9.71. The van der Waals surface area contributed by atoms with E-state index in [1.54, 1.807) is 0 Å². The van der Waals surface area contributed by atoms with Gasteiger partial charge in [-0.25, -0.2) is 0 Å². The highest BCUT2D eigenvalue weighted by Crippen LogP contribution is 2.42. The lowest BCUT2D eigenvalue weighted by molar-refractivity contribution is 0.170. The van der Waals surface area contributed by atoms with E-state index >= 15 is 0 Å². The second-order valence-corrected chi connectivity index (χ2v) is 6.25. The molecule has 0 radical (unpaired) electrons. The van der Waals surface area contributed by atoms with Gasteiger partial charge in [0.25, 0.3) is 0 Å². The second-order valence-electron chi connectivity index (χ2n) is 6.25. The largest absolute Gasteiger partial charge is 0.486 e. The number of fused-ring (bicyclic) bond motifs is 1. The molecule has 3 unspecified atom stereocenters. The van der Waals surface area contributed by atoms with E-state index in [-0.39, 0.29) is 0 Å². The molecular weight excluding hydrogens is 250 g/mol. The summed E-state index contributed by atoms with van der Waals surface area (Å²) in [6.07, 6.45) is 3.96. The zero-order chi connectivity index (χ0) is 13.9. The smallest absolute Gasteiger partial charge is 0.161 e. The van der Waals surface area contributed by atoms with E-state index in [4.69, 9.17) is 9.47 Å². The van der Waals surface area contributed by atoms with Crippen molar-refractivity contribution in [2.45, 2.75) is 32.1 Å². The SMILES string of the molecule is CNCC1CCC(C)CC1c1ccc2c(c1)OCCO2. The van der Waals surface area contributed by atoms with Crippen LogP contribution in [0, 0.1) is 11.8 Å². The summed E-state index contributed by atoms with van der Waals surface area (Å²) >= 11 is 0.